The second-order valence-corrected chi connectivity index (χ2v) is 5.23. The topological polar surface area (TPSA) is 73.6 Å². The van der Waals surface area contributed by atoms with E-state index < -0.39 is 17.9 Å². The molecule has 118 valence electrons. The van der Waals surface area contributed by atoms with Crippen LogP contribution in [0.5, 0.6) is 11.5 Å². The van der Waals surface area contributed by atoms with E-state index in [0.717, 1.165) is 0 Å². The molecule has 1 amide bonds. The van der Waals surface area contributed by atoms with Gasteiger partial charge < -0.3 is 20.5 Å². The molecule has 0 heterocycles. The predicted molar refractivity (Wildman–Crippen MR) is 78.9 cm³/mol. The Bertz CT molecular complexity index is 506. The Morgan fingerprint density at radius 1 is 1.19 bits per heavy atom. The van der Waals surface area contributed by atoms with Gasteiger partial charge in [-0.25, -0.2) is 4.39 Å². The van der Waals surface area contributed by atoms with E-state index in [0.29, 0.717) is 17.1 Å². The Morgan fingerprint density at radius 3 is 2.19 bits per heavy atom. The molecule has 0 aromatic heterocycles. The van der Waals surface area contributed by atoms with Crippen LogP contribution in [-0.4, -0.2) is 26.2 Å². The summed E-state index contributed by atoms with van der Waals surface area (Å²) < 4.78 is 24.3. The van der Waals surface area contributed by atoms with E-state index in [-0.39, 0.29) is 11.8 Å². The Hall–Kier alpha value is -1.82. The van der Waals surface area contributed by atoms with Crippen LogP contribution in [0.2, 0.25) is 0 Å². The number of rotatable bonds is 6. The molecule has 21 heavy (non-hydrogen) atoms. The molecule has 0 bridgehead atoms. The normalized spacial score (nSPS) is 13.7. The van der Waals surface area contributed by atoms with Crippen LogP contribution >= 0.6 is 0 Å². The number of nitrogens with two attached hydrogens (primary N) is 1. The molecule has 2 atom stereocenters. The first kappa shape index (κ1) is 17.2. The fraction of sp³-hybridized carbons (Fsp3) is 0.533. The highest BCUT2D eigenvalue weighted by atomic mass is 19.1. The molecule has 0 saturated carbocycles. The van der Waals surface area contributed by atoms with Gasteiger partial charge in [0, 0.05) is 11.6 Å². The van der Waals surface area contributed by atoms with Crippen molar-refractivity contribution in [2.75, 3.05) is 14.2 Å². The van der Waals surface area contributed by atoms with Gasteiger partial charge in [-0.3, -0.25) is 4.79 Å². The van der Waals surface area contributed by atoms with Gasteiger partial charge in [-0.15, -0.1) is 0 Å². The van der Waals surface area contributed by atoms with Gasteiger partial charge in [-0.2, -0.15) is 0 Å². The molecular weight excluding hydrogens is 275 g/mol. The van der Waals surface area contributed by atoms with Crippen molar-refractivity contribution in [1.29, 1.82) is 0 Å². The number of ether oxygens (including phenoxy) is 2. The number of hydrogen-bond acceptors (Lipinski definition) is 4. The van der Waals surface area contributed by atoms with Crippen molar-refractivity contribution in [1.82, 2.24) is 5.32 Å². The van der Waals surface area contributed by atoms with Crippen LogP contribution < -0.4 is 20.5 Å². The summed E-state index contributed by atoms with van der Waals surface area (Å²) in [5.41, 5.74) is 6.09. The van der Waals surface area contributed by atoms with E-state index in [1.165, 1.54) is 26.4 Å². The number of methoxy groups -OCH3 is 2. The summed E-state index contributed by atoms with van der Waals surface area (Å²) in [5, 5.41) is 2.71. The number of benzene rings is 1. The largest absolute Gasteiger partial charge is 0.493 e. The van der Waals surface area contributed by atoms with Crippen molar-refractivity contribution in [3.05, 3.63) is 23.5 Å². The molecule has 0 spiro atoms. The highest BCUT2D eigenvalue weighted by Gasteiger charge is 2.22. The number of nitrogens with one attached hydrogen (secondary N) is 1. The Labute approximate surface area is 124 Å². The molecule has 0 aliphatic carbocycles. The minimum absolute atomic E-state index is 0.00690. The monoisotopic (exact) mass is 298 g/mol. The zero-order valence-electron chi connectivity index (χ0n) is 13.1. The number of carbonyl (C=O) groups is 1. The summed E-state index contributed by atoms with van der Waals surface area (Å²) in [6.07, 6.45) is 0. The molecule has 0 radical (unpaired) electrons. The molecular formula is C15H23FN2O3. The molecule has 1 rings (SSSR count). The van der Waals surface area contributed by atoms with Gasteiger partial charge in [0.05, 0.1) is 26.3 Å². The summed E-state index contributed by atoms with van der Waals surface area (Å²) in [6.45, 7) is 5.40. The highest BCUT2D eigenvalue weighted by Crippen LogP contribution is 2.32. The van der Waals surface area contributed by atoms with Gasteiger partial charge in [-0.1, -0.05) is 13.8 Å². The number of amides is 1. The molecule has 1 unspecified atom stereocenters. The van der Waals surface area contributed by atoms with E-state index in [1.54, 1.807) is 6.92 Å². The molecule has 5 nitrogen and oxygen atoms in total. The third kappa shape index (κ3) is 4.07. The highest BCUT2D eigenvalue weighted by molar-refractivity contribution is 5.82. The third-order valence-corrected chi connectivity index (χ3v) is 3.35. The second kappa shape index (κ2) is 7.26. The SMILES string of the molecule is COc1cc(F)c(C(C)NC(=O)[C@@H](N)C(C)C)cc1OC. The minimum atomic E-state index is -0.629. The van der Waals surface area contributed by atoms with Crippen molar-refractivity contribution in [3.8, 4) is 11.5 Å². The first-order valence-corrected chi connectivity index (χ1v) is 6.79. The number of carbonyl (C=O) groups excluding carboxylic acids is 1. The molecule has 1 aromatic rings. The Kier molecular flexibility index (Phi) is 5.96. The maximum atomic E-state index is 14.1. The summed E-state index contributed by atoms with van der Waals surface area (Å²) in [7, 11) is 2.90. The van der Waals surface area contributed by atoms with Crippen LogP contribution in [0.1, 0.15) is 32.4 Å². The lowest BCUT2D eigenvalue weighted by atomic mass is 10.0. The van der Waals surface area contributed by atoms with Crippen molar-refractivity contribution >= 4 is 5.91 Å². The molecule has 1 aromatic carbocycles. The zero-order chi connectivity index (χ0) is 16.2. The van der Waals surface area contributed by atoms with Crippen LogP contribution in [0, 0.1) is 11.7 Å². The maximum Gasteiger partial charge on any atom is 0.237 e. The van der Waals surface area contributed by atoms with Gasteiger partial charge in [0.1, 0.15) is 5.82 Å². The van der Waals surface area contributed by atoms with Gasteiger partial charge in [0.25, 0.3) is 0 Å². The first-order chi connectivity index (χ1) is 9.81. The fourth-order valence-electron chi connectivity index (χ4n) is 1.89. The van der Waals surface area contributed by atoms with Gasteiger partial charge in [0.15, 0.2) is 11.5 Å². The fourth-order valence-corrected chi connectivity index (χ4v) is 1.89. The van der Waals surface area contributed by atoms with Gasteiger partial charge in [0.2, 0.25) is 5.91 Å². The van der Waals surface area contributed by atoms with Crippen molar-refractivity contribution in [2.45, 2.75) is 32.9 Å². The van der Waals surface area contributed by atoms with Crippen LogP contribution in [0.3, 0.4) is 0 Å². The lowest BCUT2D eigenvalue weighted by molar-refractivity contribution is -0.123. The first-order valence-electron chi connectivity index (χ1n) is 6.79. The van der Waals surface area contributed by atoms with E-state index in [4.69, 9.17) is 15.2 Å². The van der Waals surface area contributed by atoms with Gasteiger partial charge in [-0.05, 0) is 18.9 Å². The van der Waals surface area contributed by atoms with Crippen LogP contribution in [0.4, 0.5) is 4.39 Å². The lowest BCUT2D eigenvalue weighted by Gasteiger charge is -2.21. The number of hydrogen-bond donors (Lipinski definition) is 2. The van der Waals surface area contributed by atoms with Crippen molar-refractivity contribution in [3.63, 3.8) is 0 Å². The molecule has 3 N–H and O–H groups in total. The smallest absolute Gasteiger partial charge is 0.237 e. The van der Waals surface area contributed by atoms with Crippen molar-refractivity contribution in [2.24, 2.45) is 11.7 Å². The lowest BCUT2D eigenvalue weighted by Crippen LogP contribution is -2.44. The van der Waals surface area contributed by atoms with Crippen LogP contribution in [0.25, 0.3) is 0 Å². The molecule has 6 heteroatoms. The quantitative estimate of drug-likeness (QED) is 0.842. The van der Waals surface area contributed by atoms with Crippen LogP contribution in [0.15, 0.2) is 12.1 Å². The Morgan fingerprint density at radius 2 is 1.71 bits per heavy atom. The van der Waals surface area contributed by atoms with Crippen molar-refractivity contribution < 1.29 is 18.7 Å². The summed E-state index contributed by atoms with van der Waals surface area (Å²) in [5.74, 6) is -0.0722. The maximum absolute atomic E-state index is 14.1. The standard InChI is InChI=1S/C15H23FN2O3/c1-8(2)14(17)15(19)18-9(3)10-6-12(20-4)13(21-5)7-11(10)16/h6-9,14H,17H2,1-5H3,(H,18,19)/t9?,14-/m0/s1. The summed E-state index contributed by atoms with van der Waals surface area (Å²) in [6, 6.07) is 1.59. The van der Waals surface area contributed by atoms with E-state index >= 15 is 0 Å². The van der Waals surface area contributed by atoms with E-state index in [1.807, 2.05) is 13.8 Å². The Balaban J connectivity index is 2.97. The van der Waals surface area contributed by atoms with Gasteiger partial charge >= 0.3 is 0 Å². The zero-order valence-corrected chi connectivity index (χ0v) is 13.1. The summed E-state index contributed by atoms with van der Waals surface area (Å²) >= 11 is 0. The molecule has 0 aliphatic heterocycles. The minimum Gasteiger partial charge on any atom is -0.493 e. The third-order valence-electron chi connectivity index (χ3n) is 3.35. The average Bonchev–Trinajstić information content (AvgIpc) is 2.45. The summed E-state index contributed by atoms with van der Waals surface area (Å²) in [4.78, 5) is 11.9. The van der Waals surface area contributed by atoms with Crippen LogP contribution in [-0.2, 0) is 4.79 Å². The van der Waals surface area contributed by atoms with E-state index in [9.17, 15) is 9.18 Å². The average molecular weight is 298 g/mol. The van der Waals surface area contributed by atoms with E-state index in [2.05, 4.69) is 5.32 Å². The molecule has 0 aliphatic rings. The second-order valence-electron chi connectivity index (χ2n) is 5.23. The predicted octanol–water partition coefficient (Wildman–Crippen LogP) is 2.00. The number of halogens is 1. The molecule has 0 fully saturated rings. The molecule has 0 saturated heterocycles.